The number of nitrogens with zero attached hydrogens (tertiary/aromatic N) is 1. The highest BCUT2D eigenvalue weighted by Gasteiger charge is 2.49. The van der Waals surface area contributed by atoms with Crippen LogP contribution in [0.15, 0.2) is 30.3 Å². The number of hydrogen-bond donors (Lipinski definition) is 2. The smallest absolute Gasteiger partial charge is 0.326 e. The molecule has 164 valence electrons. The predicted octanol–water partition coefficient (Wildman–Crippen LogP) is 2.38. The summed E-state index contributed by atoms with van der Waals surface area (Å²) in [6, 6.07) is 7.76. The molecule has 2 N–H and O–H groups in total. The van der Waals surface area contributed by atoms with Crippen LogP contribution in [0.25, 0.3) is 0 Å². The Labute approximate surface area is 177 Å². The van der Waals surface area contributed by atoms with Gasteiger partial charge in [0.15, 0.2) is 0 Å². The molecule has 30 heavy (non-hydrogen) atoms. The van der Waals surface area contributed by atoms with Gasteiger partial charge in [-0.3, -0.25) is 14.9 Å². The third-order valence-corrected chi connectivity index (χ3v) is 6.33. The largest absolute Gasteiger partial charge is 0.480 e. The van der Waals surface area contributed by atoms with Gasteiger partial charge >= 0.3 is 11.9 Å². The molecule has 3 rings (SSSR count). The van der Waals surface area contributed by atoms with Gasteiger partial charge in [-0.1, -0.05) is 36.8 Å². The number of benzene rings is 1. The Kier molecular flexibility index (Phi) is 7.48. The fraction of sp³-hybridized carbons (Fsp3) is 0.609. The first-order chi connectivity index (χ1) is 14.4. The van der Waals surface area contributed by atoms with E-state index in [9.17, 15) is 19.5 Å². The van der Waals surface area contributed by atoms with Crippen LogP contribution in [0.3, 0.4) is 0 Å². The van der Waals surface area contributed by atoms with Gasteiger partial charge in [0.1, 0.15) is 12.1 Å². The molecule has 0 spiro atoms. The van der Waals surface area contributed by atoms with Crippen molar-refractivity contribution in [3.05, 3.63) is 35.9 Å². The number of fused-ring (bicyclic) bond motifs is 1. The highest BCUT2D eigenvalue weighted by molar-refractivity contribution is 5.88. The van der Waals surface area contributed by atoms with Crippen molar-refractivity contribution in [2.24, 2.45) is 5.92 Å². The first-order valence-electron chi connectivity index (χ1n) is 10.9. The van der Waals surface area contributed by atoms with E-state index in [0.29, 0.717) is 19.3 Å². The number of esters is 1. The molecule has 1 aromatic carbocycles. The van der Waals surface area contributed by atoms with Crippen molar-refractivity contribution in [3.63, 3.8) is 0 Å². The van der Waals surface area contributed by atoms with Crippen LogP contribution in [0.5, 0.6) is 0 Å². The number of carboxylic acid groups (broad SMARTS) is 1. The van der Waals surface area contributed by atoms with E-state index in [1.807, 2.05) is 30.3 Å². The van der Waals surface area contributed by atoms with Crippen molar-refractivity contribution in [2.75, 3.05) is 6.61 Å². The Hall–Kier alpha value is -2.41. The molecule has 1 unspecified atom stereocenters. The first kappa shape index (κ1) is 22.3. The molecular weight excluding hydrogens is 384 g/mol. The number of rotatable bonds is 9. The maximum absolute atomic E-state index is 13.2. The normalized spacial score (nSPS) is 24.9. The fourth-order valence-corrected chi connectivity index (χ4v) is 4.89. The van der Waals surface area contributed by atoms with Gasteiger partial charge in [0, 0.05) is 6.04 Å². The zero-order valence-corrected chi connectivity index (χ0v) is 17.8. The van der Waals surface area contributed by atoms with Crippen LogP contribution >= 0.6 is 0 Å². The first-order valence-corrected chi connectivity index (χ1v) is 10.9. The molecule has 5 atom stereocenters. The molecule has 1 heterocycles. The molecule has 1 aliphatic carbocycles. The summed E-state index contributed by atoms with van der Waals surface area (Å²) in [5.41, 5.74) is 1.10. The average Bonchev–Trinajstić information content (AvgIpc) is 3.32. The Morgan fingerprint density at radius 3 is 2.63 bits per heavy atom. The Bertz CT molecular complexity index is 753. The van der Waals surface area contributed by atoms with Crippen molar-refractivity contribution >= 4 is 17.8 Å². The third-order valence-electron chi connectivity index (χ3n) is 6.33. The van der Waals surface area contributed by atoms with Crippen LogP contribution in [0, 0.1) is 5.92 Å². The van der Waals surface area contributed by atoms with E-state index < -0.39 is 24.1 Å². The number of ether oxygens (including phenoxy) is 1. The minimum Gasteiger partial charge on any atom is -0.480 e. The minimum absolute atomic E-state index is 0.00629. The van der Waals surface area contributed by atoms with E-state index in [2.05, 4.69) is 5.32 Å². The second kappa shape index (κ2) is 10.1. The van der Waals surface area contributed by atoms with E-state index >= 15 is 0 Å². The summed E-state index contributed by atoms with van der Waals surface area (Å²) in [6.07, 6.45) is 4.54. The molecule has 0 aromatic heterocycles. The van der Waals surface area contributed by atoms with Gasteiger partial charge in [-0.15, -0.1) is 0 Å². The zero-order chi connectivity index (χ0) is 21.7. The van der Waals surface area contributed by atoms with Crippen molar-refractivity contribution in [1.29, 1.82) is 0 Å². The van der Waals surface area contributed by atoms with Crippen LogP contribution in [0.4, 0.5) is 0 Å². The van der Waals surface area contributed by atoms with Crippen molar-refractivity contribution in [3.8, 4) is 0 Å². The summed E-state index contributed by atoms with van der Waals surface area (Å²) in [5, 5.41) is 12.8. The molecule has 2 aliphatic rings. The van der Waals surface area contributed by atoms with Crippen molar-refractivity contribution in [1.82, 2.24) is 10.2 Å². The number of aryl methyl sites for hydroxylation is 1. The van der Waals surface area contributed by atoms with E-state index in [4.69, 9.17) is 4.74 Å². The lowest BCUT2D eigenvalue weighted by molar-refractivity contribution is -0.151. The number of amides is 1. The fourth-order valence-electron chi connectivity index (χ4n) is 4.89. The third kappa shape index (κ3) is 5.01. The predicted molar refractivity (Wildman–Crippen MR) is 112 cm³/mol. The number of hydrogen-bond acceptors (Lipinski definition) is 5. The lowest BCUT2D eigenvalue weighted by Gasteiger charge is -2.31. The number of likely N-dealkylation sites (tertiary alicyclic amines) is 1. The minimum atomic E-state index is -0.948. The lowest BCUT2D eigenvalue weighted by Crippen LogP contribution is -2.55. The topological polar surface area (TPSA) is 95.9 Å². The van der Waals surface area contributed by atoms with E-state index in [1.54, 1.807) is 18.7 Å². The maximum atomic E-state index is 13.2. The molecule has 1 saturated heterocycles. The number of carboxylic acids is 1. The van der Waals surface area contributed by atoms with Crippen LogP contribution in [-0.4, -0.2) is 58.6 Å². The highest BCUT2D eigenvalue weighted by Crippen LogP contribution is 2.41. The summed E-state index contributed by atoms with van der Waals surface area (Å²) in [6.45, 7) is 3.72. The van der Waals surface area contributed by atoms with E-state index in [1.165, 1.54) is 0 Å². The van der Waals surface area contributed by atoms with Gasteiger partial charge < -0.3 is 14.7 Å². The second-order valence-corrected chi connectivity index (χ2v) is 8.31. The quantitative estimate of drug-likeness (QED) is 0.600. The molecule has 2 fully saturated rings. The van der Waals surface area contributed by atoms with Gasteiger partial charge in [0.05, 0.1) is 12.6 Å². The highest BCUT2D eigenvalue weighted by atomic mass is 16.5. The summed E-state index contributed by atoms with van der Waals surface area (Å²) in [5.74, 6) is -1.31. The Morgan fingerprint density at radius 2 is 1.97 bits per heavy atom. The zero-order valence-electron chi connectivity index (χ0n) is 17.8. The Morgan fingerprint density at radius 1 is 1.23 bits per heavy atom. The van der Waals surface area contributed by atoms with Crippen LogP contribution in [0.1, 0.15) is 51.5 Å². The van der Waals surface area contributed by atoms with Crippen LogP contribution in [0.2, 0.25) is 0 Å². The Balaban J connectivity index is 1.68. The lowest BCUT2D eigenvalue weighted by atomic mass is 10.0. The van der Waals surface area contributed by atoms with Gasteiger partial charge in [-0.05, 0) is 57.4 Å². The molecule has 1 amide bonds. The molecule has 1 saturated carbocycles. The molecule has 1 aromatic rings. The van der Waals surface area contributed by atoms with Gasteiger partial charge in [0.25, 0.3) is 0 Å². The molecule has 1 aliphatic heterocycles. The molecule has 7 nitrogen and oxygen atoms in total. The van der Waals surface area contributed by atoms with Gasteiger partial charge in [0.2, 0.25) is 5.91 Å². The average molecular weight is 417 g/mol. The number of carbonyl (C=O) groups excluding carboxylic acids is 2. The molecule has 7 heteroatoms. The van der Waals surface area contributed by atoms with Crippen LogP contribution in [-0.2, 0) is 25.5 Å². The summed E-state index contributed by atoms with van der Waals surface area (Å²) < 4.78 is 5.21. The summed E-state index contributed by atoms with van der Waals surface area (Å²) in [7, 11) is 0. The SMILES string of the molecule is CCOC(=O)[C@H](CCc1ccccc1)N[C@H](C)C(=O)N1C(C(=O)O)C[C@@H]2CCC[C@@H]21. The number of nitrogens with one attached hydrogen (secondary N) is 1. The van der Waals surface area contributed by atoms with Crippen molar-refractivity contribution in [2.45, 2.75) is 76.5 Å². The standard InChI is InChI=1S/C23H32N2O5/c1-3-30-23(29)18(13-12-16-8-5-4-6-9-16)24-15(2)21(26)25-19-11-7-10-17(19)14-20(25)22(27)28/h4-6,8-9,15,17-20,24H,3,7,10-14H2,1-2H3,(H,27,28)/t15-,17+,18+,19+,20?/m1/s1. The monoisotopic (exact) mass is 416 g/mol. The molecule has 0 bridgehead atoms. The molecule has 0 radical (unpaired) electrons. The second-order valence-electron chi connectivity index (χ2n) is 8.31. The number of aliphatic carboxylic acids is 1. The molecular formula is C23H32N2O5. The maximum Gasteiger partial charge on any atom is 0.326 e. The van der Waals surface area contributed by atoms with E-state index in [0.717, 1.165) is 24.8 Å². The van der Waals surface area contributed by atoms with Crippen molar-refractivity contribution < 1.29 is 24.2 Å². The summed E-state index contributed by atoms with van der Waals surface area (Å²) in [4.78, 5) is 39.1. The van der Waals surface area contributed by atoms with Gasteiger partial charge in [-0.25, -0.2) is 4.79 Å². The number of carbonyl (C=O) groups is 3. The van der Waals surface area contributed by atoms with Crippen LogP contribution < -0.4 is 5.32 Å². The van der Waals surface area contributed by atoms with Gasteiger partial charge in [-0.2, -0.15) is 0 Å². The van der Waals surface area contributed by atoms with E-state index in [-0.39, 0.29) is 30.4 Å². The summed E-state index contributed by atoms with van der Waals surface area (Å²) >= 11 is 0.